The van der Waals surface area contributed by atoms with Crippen LogP contribution in [0.3, 0.4) is 0 Å². The van der Waals surface area contributed by atoms with Crippen LogP contribution in [0.15, 0.2) is 29.4 Å². The highest BCUT2D eigenvalue weighted by Crippen LogP contribution is 2.24. The van der Waals surface area contributed by atoms with Gasteiger partial charge in [0.1, 0.15) is 5.75 Å². The summed E-state index contributed by atoms with van der Waals surface area (Å²) in [6.45, 7) is 0.503. The van der Waals surface area contributed by atoms with E-state index in [2.05, 4.69) is 10.0 Å². The van der Waals surface area contributed by atoms with Crippen molar-refractivity contribution in [3.05, 3.63) is 40.3 Å². The van der Waals surface area contributed by atoms with Gasteiger partial charge in [-0.2, -0.15) is 0 Å². The summed E-state index contributed by atoms with van der Waals surface area (Å²) >= 11 is 0. The third-order valence-corrected chi connectivity index (χ3v) is 3.07. The van der Waals surface area contributed by atoms with Crippen molar-refractivity contribution < 1.29 is 4.74 Å². The third-order valence-electron chi connectivity index (χ3n) is 3.07. The van der Waals surface area contributed by atoms with E-state index in [4.69, 9.17) is 10.3 Å². The monoisotopic (exact) mass is 231 g/mol. The second-order valence-electron chi connectivity index (χ2n) is 4.38. The molecule has 0 aromatic heterocycles. The third kappa shape index (κ3) is 3.68. The van der Waals surface area contributed by atoms with Crippen LogP contribution < -0.4 is 4.74 Å². The Balaban J connectivity index is 1.93. The fraction of sp³-hybridized carbons (Fsp3) is 0.538. The van der Waals surface area contributed by atoms with Gasteiger partial charge in [-0.05, 0) is 55.3 Å². The van der Waals surface area contributed by atoms with Crippen LogP contribution >= 0.6 is 0 Å². The predicted molar refractivity (Wildman–Crippen MR) is 67.0 cm³/mol. The van der Waals surface area contributed by atoms with E-state index in [1.54, 1.807) is 0 Å². The van der Waals surface area contributed by atoms with Crippen LogP contribution in [-0.4, -0.2) is 12.6 Å². The zero-order valence-electron chi connectivity index (χ0n) is 9.88. The first-order valence-electron chi connectivity index (χ1n) is 6.15. The molecule has 0 amide bonds. The molecule has 1 aromatic carbocycles. The summed E-state index contributed by atoms with van der Waals surface area (Å²) in [6, 6.07) is 8.07. The molecule has 0 spiro atoms. The normalized spacial score (nSPS) is 15.5. The average molecular weight is 231 g/mol. The van der Waals surface area contributed by atoms with Gasteiger partial charge in [-0.15, -0.1) is 0 Å². The summed E-state index contributed by atoms with van der Waals surface area (Å²) in [5, 5.41) is 3.54. The zero-order chi connectivity index (χ0) is 11.9. The first kappa shape index (κ1) is 11.8. The molecule has 1 aliphatic carbocycles. The number of nitrogens with zero attached hydrogens (tertiary/aromatic N) is 3. The molecule has 0 radical (unpaired) electrons. The largest absolute Gasteiger partial charge is 0.490 e. The lowest BCUT2D eigenvalue weighted by atomic mass is 10.1. The standard InChI is InChI=1S/C13H17N3O/c14-16-15-9-8-11-4-3-7-13(10-11)17-12-5-1-2-6-12/h3-4,7,10,12H,1-2,5-6,8-9H2. The van der Waals surface area contributed by atoms with Crippen molar-refractivity contribution in [3.63, 3.8) is 0 Å². The van der Waals surface area contributed by atoms with Crippen LogP contribution in [0.4, 0.5) is 0 Å². The molecule has 0 aliphatic heterocycles. The van der Waals surface area contributed by atoms with E-state index in [0.29, 0.717) is 12.6 Å². The topological polar surface area (TPSA) is 58.0 Å². The number of hydrogen-bond acceptors (Lipinski definition) is 2. The summed E-state index contributed by atoms with van der Waals surface area (Å²) in [4.78, 5) is 2.75. The second kappa shape index (κ2) is 6.16. The molecule has 0 N–H and O–H groups in total. The van der Waals surface area contributed by atoms with E-state index in [0.717, 1.165) is 17.7 Å². The first-order valence-corrected chi connectivity index (χ1v) is 6.15. The van der Waals surface area contributed by atoms with Gasteiger partial charge in [0.25, 0.3) is 0 Å². The number of ether oxygens (including phenoxy) is 1. The van der Waals surface area contributed by atoms with Crippen molar-refractivity contribution in [2.75, 3.05) is 6.54 Å². The number of rotatable bonds is 5. The van der Waals surface area contributed by atoms with Gasteiger partial charge < -0.3 is 4.74 Å². The molecule has 4 nitrogen and oxygen atoms in total. The summed E-state index contributed by atoms with van der Waals surface area (Å²) < 4.78 is 5.92. The lowest BCUT2D eigenvalue weighted by Gasteiger charge is -2.13. The Morgan fingerprint density at radius 3 is 2.94 bits per heavy atom. The van der Waals surface area contributed by atoms with E-state index in [1.165, 1.54) is 25.7 Å². The molecule has 2 rings (SSSR count). The molecule has 0 unspecified atom stereocenters. The summed E-state index contributed by atoms with van der Waals surface area (Å²) in [6.07, 6.45) is 6.06. The molecule has 1 fully saturated rings. The van der Waals surface area contributed by atoms with Gasteiger partial charge in [0.05, 0.1) is 6.10 Å². The molecule has 1 aromatic rings. The van der Waals surface area contributed by atoms with Crippen molar-refractivity contribution >= 4 is 0 Å². The zero-order valence-corrected chi connectivity index (χ0v) is 9.88. The molecular formula is C13H17N3O. The number of azide groups is 1. The second-order valence-corrected chi connectivity index (χ2v) is 4.38. The van der Waals surface area contributed by atoms with E-state index < -0.39 is 0 Å². The molecule has 0 heterocycles. The molecule has 4 heteroatoms. The van der Waals surface area contributed by atoms with E-state index >= 15 is 0 Å². The number of hydrogen-bond donors (Lipinski definition) is 0. The van der Waals surface area contributed by atoms with E-state index in [1.807, 2.05) is 24.3 Å². The van der Waals surface area contributed by atoms with Crippen molar-refractivity contribution in [1.29, 1.82) is 0 Å². The molecule has 90 valence electrons. The van der Waals surface area contributed by atoms with Crippen LogP contribution in [0.2, 0.25) is 0 Å². The lowest BCUT2D eigenvalue weighted by Crippen LogP contribution is -2.10. The fourth-order valence-electron chi connectivity index (χ4n) is 2.20. The van der Waals surface area contributed by atoms with Crippen molar-refractivity contribution in [2.24, 2.45) is 5.11 Å². The minimum atomic E-state index is 0.391. The summed E-state index contributed by atoms with van der Waals surface area (Å²) in [5.41, 5.74) is 9.38. The van der Waals surface area contributed by atoms with Gasteiger partial charge in [-0.1, -0.05) is 17.2 Å². The SMILES string of the molecule is [N-]=[N+]=NCCc1cccc(OC2CCCC2)c1. The van der Waals surface area contributed by atoms with Gasteiger partial charge in [-0.25, -0.2) is 0 Å². The molecule has 17 heavy (non-hydrogen) atoms. The summed E-state index contributed by atoms with van der Waals surface area (Å²) in [7, 11) is 0. The van der Waals surface area contributed by atoms with Crippen molar-refractivity contribution in [1.82, 2.24) is 0 Å². The van der Waals surface area contributed by atoms with Crippen LogP contribution in [0.5, 0.6) is 5.75 Å². The maximum absolute atomic E-state index is 8.22. The molecule has 0 bridgehead atoms. The van der Waals surface area contributed by atoms with Crippen molar-refractivity contribution in [3.8, 4) is 5.75 Å². The smallest absolute Gasteiger partial charge is 0.119 e. The molecule has 0 saturated heterocycles. The Morgan fingerprint density at radius 1 is 1.35 bits per heavy atom. The van der Waals surface area contributed by atoms with Crippen LogP contribution in [0, 0.1) is 0 Å². The molecular weight excluding hydrogens is 214 g/mol. The fourth-order valence-corrected chi connectivity index (χ4v) is 2.20. The lowest BCUT2D eigenvalue weighted by molar-refractivity contribution is 0.210. The average Bonchev–Trinajstić information content (AvgIpc) is 2.83. The van der Waals surface area contributed by atoms with E-state index in [9.17, 15) is 0 Å². The molecule has 1 aliphatic rings. The van der Waals surface area contributed by atoms with E-state index in [-0.39, 0.29) is 0 Å². The van der Waals surface area contributed by atoms with Crippen molar-refractivity contribution in [2.45, 2.75) is 38.2 Å². The highest BCUT2D eigenvalue weighted by Gasteiger charge is 2.16. The Hall–Kier alpha value is -1.67. The van der Waals surface area contributed by atoms with Gasteiger partial charge in [0.15, 0.2) is 0 Å². The Kier molecular flexibility index (Phi) is 4.28. The minimum Gasteiger partial charge on any atom is -0.490 e. The Morgan fingerprint density at radius 2 is 2.18 bits per heavy atom. The van der Waals surface area contributed by atoms with Gasteiger partial charge in [0, 0.05) is 11.5 Å². The highest BCUT2D eigenvalue weighted by molar-refractivity contribution is 5.29. The predicted octanol–water partition coefficient (Wildman–Crippen LogP) is 3.86. The summed E-state index contributed by atoms with van der Waals surface area (Å²) in [5.74, 6) is 0.940. The Labute approximate surface area is 101 Å². The van der Waals surface area contributed by atoms with Crippen LogP contribution in [-0.2, 0) is 6.42 Å². The molecule has 1 saturated carbocycles. The van der Waals surface area contributed by atoms with Crippen LogP contribution in [0.25, 0.3) is 10.4 Å². The molecule has 0 atom stereocenters. The quantitative estimate of drug-likeness (QED) is 0.431. The maximum Gasteiger partial charge on any atom is 0.119 e. The minimum absolute atomic E-state index is 0.391. The number of benzene rings is 1. The maximum atomic E-state index is 8.22. The Bertz CT molecular complexity index is 407. The first-order chi connectivity index (χ1) is 8.38. The highest BCUT2D eigenvalue weighted by atomic mass is 16.5. The van der Waals surface area contributed by atoms with Crippen LogP contribution in [0.1, 0.15) is 31.2 Å². The van der Waals surface area contributed by atoms with Gasteiger partial charge >= 0.3 is 0 Å². The van der Waals surface area contributed by atoms with Gasteiger partial charge in [0.2, 0.25) is 0 Å². The van der Waals surface area contributed by atoms with Gasteiger partial charge in [-0.3, -0.25) is 0 Å².